The van der Waals surface area contributed by atoms with Crippen molar-refractivity contribution >= 4 is 33.6 Å². The molecule has 3 rings (SSSR count). The lowest BCUT2D eigenvalue weighted by Gasteiger charge is -2.37. The SMILES string of the molecule is Cc1cccc(N2CCN(Cc3cccc(Br)c3)CC2)c1C.O=C(O)C(=O)O. The molecule has 0 aliphatic carbocycles. The van der Waals surface area contributed by atoms with Gasteiger partial charge in [-0.15, -0.1) is 0 Å². The van der Waals surface area contributed by atoms with Crippen LogP contribution in [-0.4, -0.2) is 53.2 Å². The molecule has 1 fully saturated rings. The highest BCUT2D eigenvalue weighted by Gasteiger charge is 2.18. The summed E-state index contributed by atoms with van der Waals surface area (Å²) in [6.45, 7) is 9.94. The summed E-state index contributed by atoms with van der Waals surface area (Å²) in [4.78, 5) is 23.3. The number of carbonyl (C=O) groups is 2. The molecular weight excluding hydrogens is 424 g/mol. The van der Waals surface area contributed by atoms with Crippen LogP contribution in [0.4, 0.5) is 5.69 Å². The molecule has 1 aliphatic rings. The maximum absolute atomic E-state index is 9.10. The van der Waals surface area contributed by atoms with E-state index in [4.69, 9.17) is 19.8 Å². The normalized spacial score (nSPS) is 14.2. The van der Waals surface area contributed by atoms with Crippen molar-refractivity contribution in [1.29, 1.82) is 0 Å². The van der Waals surface area contributed by atoms with Gasteiger partial charge in [0.15, 0.2) is 0 Å². The zero-order valence-corrected chi connectivity index (χ0v) is 17.6. The molecule has 6 nitrogen and oxygen atoms in total. The first-order valence-corrected chi connectivity index (χ1v) is 9.81. The maximum Gasteiger partial charge on any atom is 0.414 e. The predicted molar refractivity (Wildman–Crippen MR) is 113 cm³/mol. The Morgan fingerprint density at radius 3 is 2.14 bits per heavy atom. The zero-order valence-electron chi connectivity index (χ0n) is 16.1. The second-order valence-electron chi connectivity index (χ2n) is 6.72. The lowest BCUT2D eigenvalue weighted by atomic mass is 10.1. The first kappa shape index (κ1) is 21.9. The minimum atomic E-state index is -1.82. The van der Waals surface area contributed by atoms with Crippen LogP contribution in [0, 0.1) is 13.8 Å². The van der Waals surface area contributed by atoms with Crippen LogP contribution in [0.5, 0.6) is 0 Å². The molecule has 0 spiro atoms. The fourth-order valence-corrected chi connectivity index (χ4v) is 3.57. The van der Waals surface area contributed by atoms with Crippen molar-refractivity contribution in [2.75, 3.05) is 31.1 Å². The number of aliphatic carboxylic acids is 2. The predicted octanol–water partition coefficient (Wildman–Crippen LogP) is 3.54. The summed E-state index contributed by atoms with van der Waals surface area (Å²) < 4.78 is 1.17. The highest BCUT2D eigenvalue weighted by molar-refractivity contribution is 9.10. The molecule has 150 valence electrons. The molecule has 1 aliphatic heterocycles. The van der Waals surface area contributed by atoms with Crippen LogP contribution in [0.1, 0.15) is 16.7 Å². The summed E-state index contributed by atoms with van der Waals surface area (Å²) in [5, 5.41) is 14.8. The van der Waals surface area contributed by atoms with Crippen LogP contribution in [0.25, 0.3) is 0 Å². The highest BCUT2D eigenvalue weighted by atomic mass is 79.9. The van der Waals surface area contributed by atoms with Gasteiger partial charge >= 0.3 is 11.9 Å². The van der Waals surface area contributed by atoms with Crippen LogP contribution in [0.15, 0.2) is 46.9 Å². The topological polar surface area (TPSA) is 81.1 Å². The Bertz CT molecular complexity index is 821. The van der Waals surface area contributed by atoms with Crippen LogP contribution < -0.4 is 4.90 Å². The third kappa shape index (κ3) is 6.35. The van der Waals surface area contributed by atoms with Crippen molar-refractivity contribution in [2.45, 2.75) is 20.4 Å². The van der Waals surface area contributed by atoms with Crippen molar-refractivity contribution in [3.05, 3.63) is 63.6 Å². The Labute approximate surface area is 173 Å². The van der Waals surface area contributed by atoms with Gasteiger partial charge in [-0.3, -0.25) is 4.90 Å². The van der Waals surface area contributed by atoms with Gasteiger partial charge in [0.2, 0.25) is 0 Å². The van der Waals surface area contributed by atoms with Crippen LogP contribution in [0.3, 0.4) is 0 Å². The average molecular weight is 449 g/mol. The molecule has 2 aromatic rings. The van der Waals surface area contributed by atoms with E-state index in [1.165, 1.54) is 26.9 Å². The van der Waals surface area contributed by atoms with Gasteiger partial charge in [0.05, 0.1) is 0 Å². The molecule has 1 heterocycles. The minimum absolute atomic E-state index is 1.04. The first-order valence-electron chi connectivity index (χ1n) is 9.02. The Hall–Kier alpha value is -2.38. The summed E-state index contributed by atoms with van der Waals surface area (Å²) in [5.74, 6) is -3.65. The van der Waals surface area contributed by atoms with Crippen molar-refractivity contribution in [3.8, 4) is 0 Å². The van der Waals surface area contributed by atoms with Gasteiger partial charge in [0.25, 0.3) is 0 Å². The van der Waals surface area contributed by atoms with E-state index < -0.39 is 11.9 Å². The number of aryl methyl sites for hydroxylation is 1. The molecule has 7 heteroatoms. The van der Waals surface area contributed by atoms with Gasteiger partial charge in [0, 0.05) is 42.9 Å². The van der Waals surface area contributed by atoms with Crippen molar-refractivity contribution in [3.63, 3.8) is 0 Å². The molecule has 1 saturated heterocycles. The Balaban J connectivity index is 0.000000409. The second kappa shape index (κ2) is 10.2. The molecule has 0 saturated carbocycles. The van der Waals surface area contributed by atoms with Gasteiger partial charge in [-0.1, -0.05) is 40.2 Å². The molecule has 0 amide bonds. The third-order valence-corrected chi connectivity index (χ3v) is 5.26. The summed E-state index contributed by atoms with van der Waals surface area (Å²) in [7, 11) is 0. The third-order valence-electron chi connectivity index (χ3n) is 4.77. The number of anilines is 1. The lowest BCUT2D eigenvalue weighted by molar-refractivity contribution is -0.159. The van der Waals surface area contributed by atoms with E-state index in [1.54, 1.807) is 0 Å². The van der Waals surface area contributed by atoms with E-state index in [0.717, 1.165) is 32.7 Å². The smallest absolute Gasteiger partial charge is 0.414 e. The van der Waals surface area contributed by atoms with E-state index in [0.29, 0.717) is 0 Å². The number of nitrogens with zero attached hydrogens (tertiary/aromatic N) is 2. The monoisotopic (exact) mass is 448 g/mol. The standard InChI is InChI=1S/C19H23BrN2.C2H2O4/c1-15-5-3-8-19(16(15)2)22-11-9-21(10-12-22)14-17-6-4-7-18(20)13-17;3-1(4)2(5)6/h3-8,13H,9-12,14H2,1-2H3;(H,3,4)(H,5,6). The summed E-state index contributed by atoms with van der Waals surface area (Å²) in [6, 6.07) is 15.3. The van der Waals surface area contributed by atoms with E-state index in [9.17, 15) is 0 Å². The molecule has 0 atom stereocenters. The number of hydrogen-bond acceptors (Lipinski definition) is 4. The molecule has 0 bridgehead atoms. The number of carboxylic acids is 2. The van der Waals surface area contributed by atoms with Crippen LogP contribution >= 0.6 is 15.9 Å². The minimum Gasteiger partial charge on any atom is -0.473 e. The number of piperazine rings is 1. The molecular formula is C21H25BrN2O4. The van der Waals surface area contributed by atoms with Crippen LogP contribution in [0.2, 0.25) is 0 Å². The second-order valence-corrected chi connectivity index (χ2v) is 7.64. The van der Waals surface area contributed by atoms with Crippen LogP contribution in [-0.2, 0) is 16.1 Å². The summed E-state index contributed by atoms with van der Waals surface area (Å²) in [5.41, 5.74) is 5.59. The highest BCUT2D eigenvalue weighted by Crippen LogP contribution is 2.24. The van der Waals surface area contributed by atoms with Gasteiger partial charge in [-0.2, -0.15) is 0 Å². The van der Waals surface area contributed by atoms with Crippen molar-refractivity contribution in [1.82, 2.24) is 4.90 Å². The fourth-order valence-electron chi connectivity index (χ4n) is 3.12. The maximum atomic E-state index is 9.10. The fraction of sp³-hybridized carbons (Fsp3) is 0.333. The van der Waals surface area contributed by atoms with E-state index >= 15 is 0 Å². The largest absolute Gasteiger partial charge is 0.473 e. The van der Waals surface area contributed by atoms with Gasteiger partial charge in [-0.25, -0.2) is 9.59 Å². The first-order chi connectivity index (χ1) is 13.3. The molecule has 2 aromatic carbocycles. The molecule has 28 heavy (non-hydrogen) atoms. The Kier molecular flexibility index (Phi) is 8.02. The van der Waals surface area contributed by atoms with E-state index in [1.807, 2.05) is 0 Å². The Morgan fingerprint density at radius 2 is 1.57 bits per heavy atom. The Morgan fingerprint density at radius 1 is 0.964 bits per heavy atom. The number of benzene rings is 2. The molecule has 2 N–H and O–H groups in total. The number of halogens is 1. The number of hydrogen-bond donors (Lipinski definition) is 2. The zero-order chi connectivity index (χ0) is 20.7. The molecule has 0 aromatic heterocycles. The quantitative estimate of drug-likeness (QED) is 0.698. The average Bonchev–Trinajstić information content (AvgIpc) is 2.65. The van der Waals surface area contributed by atoms with Gasteiger partial charge < -0.3 is 15.1 Å². The number of rotatable bonds is 3. The van der Waals surface area contributed by atoms with Crippen molar-refractivity contribution < 1.29 is 19.8 Å². The lowest BCUT2D eigenvalue weighted by Crippen LogP contribution is -2.46. The summed E-state index contributed by atoms with van der Waals surface area (Å²) >= 11 is 3.56. The summed E-state index contributed by atoms with van der Waals surface area (Å²) in [6.07, 6.45) is 0. The van der Waals surface area contributed by atoms with Crippen molar-refractivity contribution in [2.24, 2.45) is 0 Å². The van der Waals surface area contributed by atoms with Gasteiger partial charge in [-0.05, 0) is 48.7 Å². The van der Waals surface area contributed by atoms with Gasteiger partial charge in [0.1, 0.15) is 0 Å². The van der Waals surface area contributed by atoms with E-state index in [2.05, 4.69) is 82.0 Å². The molecule has 0 unspecified atom stereocenters. The van der Waals surface area contributed by atoms with E-state index in [-0.39, 0.29) is 0 Å². The number of carboxylic acid groups (broad SMARTS) is 2. The molecule has 0 radical (unpaired) electrons.